The van der Waals surface area contributed by atoms with Crippen molar-refractivity contribution in [3.63, 3.8) is 0 Å². The zero-order valence-corrected chi connectivity index (χ0v) is 11.8. The second-order valence-electron chi connectivity index (χ2n) is 4.71. The predicted molar refractivity (Wildman–Crippen MR) is 70.9 cm³/mol. The van der Waals surface area contributed by atoms with Gasteiger partial charge in [-0.05, 0) is 31.4 Å². The van der Waals surface area contributed by atoms with Crippen molar-refractivity contribution in [3.05, 3.63) is 21.4 Å². The lowest BCUT2D eigenvalue weighted by molar-refractivity contribution is 0.0702. The summed E-state index contributed by atoms with van der Waals surface area (Å²) in [6, 6.07) is 1.49. The maximum atomic E-state index is 12.2. The van der Waals surface area contributed by atoms with Crippen LogP contribution in [0.4, 0.5) is 0 Å². The fraction of sp³-hybridized carbons (Fsp3) is 0.583. The third-order valence-corrected chi connectivity index (χ3v) is 6.68. The predicted octanol–water partition coefficient (Wildman–Crippen LogP) is 2.61. The smallest absolute Gasteiger partial charge is 0.345 e. The van der Waals surface area contributed by atoms with Gasteiger partial charge in [-0.3, -0.25) is 0 Å². The van der Waals surface area contributed by atoms with Crippen molar-refractivity contribution in [2.45, 2.75) is 43.6 Å². The van der Waals surface area contributed by atoms with Crippen LogP contribution in [-0.2, 0) is 15.6 Å². The standard InChI is InChI=1S/C12H16O4S2/c1-8-9(6-11(17-8)12(13)14)7-18(15,16)10-4-2-3-5-10/h6,10H,2-5,7H2,1H3,(H,13,14). The van der Waals surface area contributed by atoms with E-state index in [1.807, 2.05) is 0 Å². The summed E-state index contributed by atoms with van der Waals surface area (Å²) in [5.74, 6) is -1.01. The van der Waals surface area contributed by atoms with E-state index in [2.05, 4.69) is 0 Å². The Morgan fingerprint density at radius 1 is 1.44 bits per heavy atom. The molecule has 18 heavy (non-hydrogen) atoms. The summed E-state index contributed by atoms with van der Waals surface area (Å²) >= 11 is 1.14. The van der Waals surface area contributed by atoms with E-state index in [0.29, 0.717) is 5.56 Å². The summed E-state index contributed by atoms with van der Waals surface area (Å²) < 4.78 is 24.4. The quantitative estimate of drug-likeness (QED) is 0.924. The van der Waals surface area contributed by atoms with Crippen LogP contribution in [0.3, 0.4) is 0 Å². The first-order valence-electron chi connectivity index (χ1n) is 5.94. The molecule has 0 saturated heterocycles. The fourth-order valence-electron chi connectivity index (χ4n) is 2.35. The van der Waals surface area contributed by atoms with Crippen LogP contribution < -0.4 is 0 Å². The number of aromatic carboxylic acids is 1. The van der Waals surface area contributed by atoms with Gasteiger partial charge in [0.1, 0.15) is 4.88 Å². The number of thiophene rings is 1. The summed E-state index contributed by atoms with van der Waals surface area (Å²) in [7, 11) is -3.13. The Balaban J connectivity index is 2.20. The molecule has 1 aliphatic carbocycles. The highest BCUT2D eigenvalue weighted by atomic mass is 32.2. The second-order valence-corrected chi connectivity index (χ2v) is 8.25. The van der Waals surface area contributed by atoms with E-state index in [1.165, 1.54) is 6.07 Å². The average Bonchev–Trinajstić information content (AvgIpc) is 2.88. The molecule has 0 radical (unpaired) electrons. The van der Waals surface area contributed by atoms with Gasteiger partial charge < -0.3 is 5.11 Å². The lowest BCUT2D eigenvalue weighted by atomic mass is 10.3. The van der Waals surface area contributed by atoms with Gasteiger partial charge in [0.2, 0.25) is 0 Å². The van der Waals surface area contributed by atoms with Gasteiger partial charge in [0.15, 0.2) is 9.84 Å². The molecule has 4 nitrogen and oxygen atoms in total. The molecule has 0 bridgehead atoms. The SMILES string of the molecule is Cc1sc(C(=O)O)cc1CS(=O)(=O)C1CCCC1. The van der Waals surface area contributed by atoms with Crippen LogP contribution in [0.5, 0.6) is 0 Å². The third-order valence-electron chi connectivity index (χ3n) is 3.40. The molecule has 1 aromatic rings. The lowest BCUT2D eigenvalue weighted by Gasteiger charge is -2.10. The number of aryl methyl sites for hydroxylation is 1. The highest BCUT2D eigenvalue weighted by Crippen LogP contribution is 2.30. The number of carboxylic acid groups (broad SMARTS) is 1. The number of rotatable bonds is 4. The molecule has 0 aromatic carbocycles. The van der Waals surface area contributed by atoms with Crippen molar-refractivity contribution < 1.29 is 18.3 Å². The van der Waals surface area contributed by atoms with E-state index in [9.17, 15) is 13.2 Å². The number of hydrogen-bond donors (Lipinski definition) is 1. The van der Waals surface area contributed by atoms with Crippen molar-refractivity contribution in [1.82, 2.24) is 0 Å². The van der Waals surface area contributed by atoms with Gasteiger partial charge in [0.25, 0.3) is 0 Å². The van der Waals surface area contributed by atoms with Gasteiger partial charge in [0, 0.05) is 4.88 Å². The summed E-state index contributed by atoms with van der Waals surface area (Å²) in [4.78, 5) is 11.8. The second kappa shape index (κ2) is 5.01. The Labute approximate surface area is 111 Å². The fourth-order valence-corrected chi connectivity index (χ4v) is 5.34. The summed E-state index contributed by atoms with van der Waals surface area (Å²) in [6.07, 6.45) is 3.45. The Morgan fingerprint density at radius 3 is 2.56 bits per heavy atom. The molecule has 1 aromatic heterocycles. The summed E-state index contributed by atoms with van der Waals surface area (Å²) in [5, 5.41) is 8.66. The summed E-state index contributed by atoms with van der Waals surface area (Å²) in [6.45, 7) is 1.77. The first-order chi connectivity index (χ1) is 8.40. The molecule has 100 valence electrons. The topological polar surface area (TPSA) is 71.4 Å². The highest BCUT2D eigenvalue weighted by molar-refractivity contribution is 7.91. The van der Waals surface area contributed by atoms with Gasteiger partial charge in [0.05, 0.1) is 11.0 Å². The van der Waals surface area contributed by atoms with E-state index in [4.69, 9.17) is 5.11 Å². The van der Waals surface area contributed by atoms with Crippen LogP contribution in [-0.4, -0.2) is 24.7 Å². The Bertz CT molecular complexity index is 551. The van der Waals surface area contributed by atoms with Gasteiger partial charge in [-0.2, -0.15) is 0 Å². The maximum Gasteiger partial charge on any atom is 0.345 e. The van der Waals surface area contributed by atoms with E-state index in [1.54, 1.807) is 6.92 Å². The molecular weight excluding hydrogens is 272 g/mol. The van der Waals surface area contributed by atoms with Crippen molar-refractivity contribution in [1.29, 1.82) is 0 Å². The number of hydrogen-bond acceptors (Lipinski definition) is 4. The van der Waals surface area contributed by atoms with Crippen LogP contribution >= 0.6 is 11.3 Å². The van der Waals surface area contributed by atoms with Crippen LogP contribution in [0.25, 0.3) is 0 Å². The zero-order chi connectivity index (χ0) is 13.3. The largest absolute Gasteiger partial charge is 0.477 e. The Morgan fingerprint density at radius 2 is 2.06 bits per heavy atom. The normalized spacial score (nSPS) is 17.2. The lowest BCUT2D eigenvalue weighted by Crippen LogP contribution is -2.19. The van der Waals surface area contributed by atoms with Gasteiger partial charge in [-0.1, -0.05) is 12.8 Å². The first-order valence-corrected chi connectivity index (χ1v) is 8.47. The third kappa shape index (κ3) is 2.75. The Hall–Kier alpha value is -0.880. The maximum absolute atomic E-state index is 12.2. The minimum absolute atomic E-state index is 0.0206. The summed E-state index contributed by atoms with van der Waals surface area (Å²) in [5.41, 5.74) is 0.643. The van der Waals surface area contributed by atoms with Crippen molar-refractivity contribution >= 4 is 27.1 Å². The van der Waals surface area contributed by atoms with Crippen LogP contribution in [0, 0.1) is 6.92 Å². The van der Waals surface area contributed by atoms with Crippen molar-refractivity contribution in [2.75, 3.05) is 0 Å². The molecule has 6 heteroatoms. The molecule has 0 spiro atoms. The van der Waals surface area contributed by atoms with Crippen molar-refractivity contribution in [3.8, 4) is 0 Å². The number of carbonyl (C=O) groups is 1. The number of sulfone groups is 1. The van der Waals surface area contributed by atoms with Gasteiger partial charge in [-0.25, -0.2) is 13.2 Å². The minimum atomic E-state index is -3.13. The van der Waals surface area contributed by atoms with E-state index >= 15 is 0 Å². The highest BCUT2D eigenvalue weighted by Gasteiger charge is 2.29. The first kappa shape index (κ1) is 13.5. The number of carboxylic acids is 1. The zero-order valence-electron chi connectivity index (χ0n) is 10.2. The van der Waals surface area contributed by atoms with Gasteiger partial charge in [-0.15, -0.1) is 11.3 Å². The molecule has 0 unspecified atom stereocenters. The molecule has 1 aliphatic rings. The molecule has 1 N–H and O–H groups in total. The van der Waals surface area contributed by atoms with Crippen LogP contribution in [0.2, 0.25) is 0 Å². The molecule has 1 fully saturated rings. The Kier molecular flexibility index (Phi) is 3.77. The van der Waals surface area contributed by atoms with E-state index < -0.39 is 15.8 Å². The average molecular weight is 288 g/mol. The molecule has 0 amide bonds. The monoisotopic (exact) mass is 288 g/mol. The molecule has 1 heterocycles. The van der Waals surface area contributed by atoms with Crippen LogP contribution in [0.15, 0.2) is 6.07 Å². The van der Waals surface area contributed by atoms with Crippen LogP contribution in [0.1, 0.15) is 45.8 Å². The van der Waals surface area contributed by atoms with Gasteiger partial charge >= 0.3 is 5.97 Å². The van der Waals surface area contributed by atoms with Crippen molar-refractivity contribution in [2.24, 2.45) is 0 Å². The molecule has 0 atom stereocenters. The molecule has 0 aliphatic heterocycles. The molecular formula is C12H16O4S2. The van der Waals surface area contributed by atoms with E-state index in [-0.39, 0.29) is 15.9 Å². The molecule has 1 saturated carbocycles. The minimum Gasteiger partial charge on any atom is -0.477 e. The van der Waals surface area contributed by atoms with E-state index in [0.717, 1.165) is 41.9 Å². The molecule has 2 rings (SSSR count).